The Morgan fingerprint density at radius 3 is 2.79 bits per heavy atom. The Labute approximate surface area is 167 Å². The van der Waals surface area contributed by atoms with Crippen LogP contribution in [0.25, 0.3) is 0 Å². The van der Waals surface area contributed by atoms with Crippen LogP contribution < -0.4 is 5.32 Å². The van der Waals surface area contributed by atoms with Gasteiger partial charge in [0.05, 0.1) is 0 Å². The second kappa shape index (κ2) is 8.35. The second-order valence-corrected chi connectivity index (χ2v) is 8.28. The van der Waals surface area contributed by atoms with Crippen LogP contribution in [0.5, 0.6) is 0 Å². The summed E-state index contributed by atoms with van der Waals surface area (Å²) in [6.07, 6.45) is 7.10. The molecule has 1 saturated heterocycles. The van der Waals surface area contributed by atoms with Crippen molar-refractivity contribution in [3.63, 3.8) is 0 Å². The standard InChI is InChI=1S/C22H31N5O/c1-17(2)27-19-8-9-20(27)15-25(22(28)16-26-13-5-11-24-26)14-18-6-3-4-7-21(18)23-12-10-19/h3-7,11,13,17,19-20,23H,8-10,12,14-16H2,1-2H3/t19-,20+/m1/s1. The number of para-hydroxylation sites is 1. The number of nitrogens with zero attached hydrogens (tertiary/aromatic N) is 4. The van der Waals surface area contributed by atoms with E-state index < -0.39 is 0 Å². The maximum absolute atomic E-state index is 13.2. The normalized spacial score (nSPS) is 23.2. The molecule has 1 N–H and O–H groups in total. The summed E-state index contributed by atoms with van der Waals surface area (Å²) in [5.41, 5.74) is 2.33. The average Bonchev–Trinajstić information content (AvgIpc) is 3.31. The van der Waals surface area contributed by atoms with Gasteiger partial charge in [-0.25, -0.2) is 0 Å². The van der Waals surface area contributed by atoms with E-state index in [1.165, 1.54) is 12.0 Å². The molecule has 2 aliphatic heterocycles. The van der Waals surface area contributed by atoms with Gasteiger partial charge in [-0.1, -0.05) is 18.2 Å². The van der Waals surface area contributed by atoms with Gasteiger partial charge in [-0.15, -0.1) is 0 Å². The van der Waals surface area contributed by atoms with E-state index in [0.29, 0.717) is 31.2 Å². The molecule has 0 unspecified atom stereocenters. The number of benzene rings is 1. The molecule has 0 aliphatic carbocycles. The Morgan fingerprint density at radius 2 is 2.00 bits per heavy atom. The van der Waals surface area contributed by atoms with Crippen LogP contribution in [-0.2, 0) is 17.9 Å². The van der Waals surface area contributed by atoms with E-state index in [-0.39, 0.29) is 5.91 Å². The molecule has 2 aliphatic rings. The highest BCUT2D eigenvalue weighted by atomic mass is 16.2. The SMILES string of the molecule is CC(C)N1[C@H]2CCNc3ccccc3CN(C(=O)Cn3cccn3)C[C@@H]1CC2. The minimum Gasteiger partial charge on any atom is -0.385 e. The average molecular weight is 382 g/mol. The summed E-state index contributed by atoms with van der Waals surface area (Å²) < 4.78 is 1.72. The fourth-order valence-electron chi connectivity index (χ4n) is 4.85. The van der Waals surface area contributed by atoms with Crippen molar-refractivity contribution in [2.75, 3.05) is 18.4 Å². The number of carbonyl (C=O) groups is 1. The van der Waals surface area contributed by atoms with Gasteiger partial charge < -0.3 is 10.2 Å². The van der Waals surface area contributed by atoms with Crippen LogP contribution in [0, 0.1) is 0 Å². The molecule has 1 aromatic carbocycles. The minimum absolute atomic E-state index is 0.130. The van der Waals surface area contributed by atoms with Gasteiger partial charge in [0.2, 0.25) is 5.91 Å². The van der Waals surface area contributed by atoms with Crippen LogP contribution in [-0.4, -0.2) is 56.7 Å². The van der Waals surface area contributed by atoms with Gasteiger partial charge in [0.1, 0.15) is 6.54 Å². The number of amides is 1. The molecule has 0 saturated carbocycles. The summed E-state index contributed by atoms with van der Waals surface area (Å²) in [5, 5.41) is 7.85. The van der Waals surface area contributed by atoms with Gasteiger partial charge in [0.15, 0.2) is 0 Å². The largest absolute Gasteiger partial charge is 0.385 e. The Morgan fingerprint density at radius 1 is 1.18 bits per heavy atom. The highest BCUT2D eigenvalue weighted by Gasteiger charge is 2.36. The lowest BCUT2D eigenvalue weighted by Gasteiger charge is -2.36. The van der Waals surface area contributed by atoms with Crippen molar-refractivity contribution >= 4 is 11.6 Å². The molecule has 2 aromatic rings. The van der Waals surface area contributed by atoms with Crippen LogP contribution in [0.3, 0.4) is 0 Å². The first-order valence-electron chi connectivity index (χ1n) is 10.5. The minimum atomic E-state index is 0.130. The van der Waals surface area contributed by atoms with Crippen LogP contribution >= 0.6 is 0 Å². The van der Waals surface area contributed by atoms with Gasteiger partial charge >= 0.3 is 0 Å². The molecular weight excluding hydrogens is 350 g/mol. The van der Waals surface area contributed by atoms with Gasteiger partial charge in [0.25, 0.3) is 0 Å². The van der Waals surface area contributed by atoms with Crippen molar-refractivity contribution in [2.24, 2.45) is 0 Å². The summed E-state index contributed by atoms with van der Waals surface area (Å²) >= 11 is 0. The molecule has 1 fully saturated rings. The number of nitrogens with one attached hydrogen (secondary N) is 1. The number of fused-ring (bicyclic) bond motifs is 3. The maximum atomic E-state index is 13.2. The first-order chi connectivity index (χ1) is 13.6. The Bertz CT molecular complexity index is 788. The summed E-state index contributed by atoms with van der Waals surface area (Å²) in [7, 11) is 0. The third-order valence-corrected chi connectivity index (χ3v) is 6.08. The van der Waals surface area contributed by atoms with Gasteiger partial charge in [-0.3, -0.25) is 14.4 Å². The predicted molar refractivity (Wildman–Crippen MR) is 111 cm³/mol. The van der Waals surface area contributed by atoms with Gasteiger partial charge in [0, 0.05) is 55.8 Å². The van der Waals surface area contributed by atoms with Crippen molar-refractivity contribution in [1.82, 2.24) is 19.6 Å². The van der Waals surface area contributed by atoms with E-state index in [0.717, 1.165) is 31.6 Å². The Hall–Kier alpha value is -2.34. The van der Waals surface area contributed by atoms with E-state index in [2.05, 4.69) is 53.4 Å². The first kappa shape index (κ1) is 19.0. The summed E-state index contributed by atoms with van der Waals surface area (Å²) in [4.78, 5) is 17.9. The van der Waals surface area contributed by atoms with Crippen molar-refractivity contribution in [2.45, 2.75) is 64.3 Å². The van der Waals surface area contributed by atoms with E-state index in [1.807, 2.05) is 17.2 Å². The van der Waals surface area contributed by atoms with Crippen molar-refractivity contribution in [1.29, 1.82) is 0 Å². The maximum Gasteiger partial charge on any atom is 0.244 e. The van der Waals surface area contributed by atoms with Crippen LogP contribution in [0.4, 0.5) is 5.69 Å². The summed E-state index contributed by atoms with van der Waals surface area (Å²) in [6, 6.07) is 11.7. The zero-order valence-electron chi connectivity index (χ0n) is 16.9. The van der Waals surface area contributed by atoms with Crippen molar-refractivity contribution < 1.29 is 4.79 Å². The first-order valence-corrected chi connectivity index (χ1v) is 10.5. The van der Waals surface area contributed by atoms with E-state index in [9.17, 15) is 4.79 Å². The number of hydrogen-bond donors (Lipinski definition) is 1. The number of anilines is 1. The van der Waals surface area contributed by atoms with Crippen LogP contribution in [0.2, 0.25) is 0 Å². The number of rotatable bonds is 3. The lowest BCUT2D eigenvalue weighted by atomic mass is 10.1. The number of hydrogen-bond acceptors (Lipinski definition) is 4. The zero-order chi connectivity index (χ0) is 19.5. The summed E-state index contributed by atoms with van der Waals surface area (Å²) in [6.45, 7) is 7.24. The fraction of sp³-hybridized carbons (Fsp3) is 0.545. The zero-order valence-corrected chi connectivity index (χ0v) is 16.9. The molecule has 6 nitrogen and oxygen atoms in total. The quantitative estimate of drug-likeness (QED) is 0.888. The molecule has 4 rings (SSSR count). The smallest absolute Gasteiger partial charge is 0.244 e. The third kappa shape index (κ3) is 4.07. The highest BCUT2D eigenvalue weighted by Crippen LogP contribution is 2.31. The number of aromatic nitrogens is 2. The highest BCUT2D eigenvalue weighted by molar-refractivity contribution is 5.76. The molecule has 6 heteroatoms. The Balaban J connectivity index is 1.62. The van der Waals surface area contributed by atoms with Crippen molar-refractivity contribution in [3.05, 3.63) is 48.3 Å². The lowest BCUT2D eigenvalue weighted by molar-refractivity contribution is -0.133. The topological polar surface area (TPSA) is 53.4 Å². The van der Waals surface area contributed by atoms with E-state index in [1.54, 1.807) is 10.9 Å². The molecule has 0 spiro atoms. The molecule has 0 radical (unpaired) electrons. The Kier molecular flexibility index (Phi) is 5.67. The molecular formula is C22H31N5O. The van der Waals surface area contributed by atoms with Crippen molar-refractivity contribution in [3.8, 4) is 0 Å². The lowest BCUT2D eigenvalue weighted by Crippen LogP contribution is -2.48. The number of carbonyl (C=O) groups excluding carboxylic acids is 1. The molecule has 2 atom stereocenters. The van der Waals surface area contributed by atoms with Gasteiger partial charge in [-0.05, 0) is 50.8 Å². The molecule has 28 heavy (non-hydrogen) atoms. The fourth-order valence-corrected chi connectivity index (χ4v) is 4.85. The monoisotopic (exact) mass is 381 g/mol. The molecule has 1 amide bonds. The molecule has 2 bridgehead atoms. The van der Waals surface area contributed by atoms with Crippen LogP contribution in [0.1, 0.15) is 38.7 Å². The molecule has 1 aromatic heterocycles. The molecule has 150 valence electrons. The third-order valence-electron chi connectivity index (χ3n) is 6.08. The van der Waals surface area contributed by atoms with E-state index in [4.69, 9.17) is 0 Å². The van der Waals surface area contributed by atoms with Gasteiger partial charge in [-0.2, -0.15) is 5.10 Å². The van der Waals surface area contributed by atoms with Crippen LogP contribution in [0.15, 0.2) is 42.7 Å². The predicted octanol–water partition coefficient (Wildman–Crippen LogP) is 2.97. The van der Waals surface area contributed by atoms with E-state index >= 15 is 0 Å². The second-order valence-electron chi connectivity index (χ2n) is 8.28. The molecule has 3 heterocycles. The summed E-state index contributed by atoms with van der Waals surface area (Å²) in [5.74, 6) is 0.130.